The fourth-order valence-electron chi connectivity index (χ4n) is 2.81. The SMILES string of the molecule is CCOc1ccc(S(=O)(=O)Nc2ccccc2C(=O)OCC(=O)Nc2cccc(Cl)c2)cc1. The predicted octanol–water partition coefficient (Wildman–Crippen LogP) is 4.34. The van der Waals surface area contributed by atoms with Crippen LogP contribution in [0.15, 0.2) is 77.7 Å². The zero-order valence-electron chi connectivity index (χ0n) is 17.6. The van der Waals surface area contributed by atoms with E-state index in [1.807, 2.05) is 6.92 Å². The zero-order chi connectivity index (χ0) is 23.8. The molecule has 0 radical (unpaired) electrons. The van der Waals surface area contributed by atoms with Crippen LogP contribution in [0, 0.1) is 0 Å². The number of hydrogen-bond donors (Lipinski definition) is 2. The number of carbonyl (C=O) groups is 2. The van der Waals surface area contributed by atoms with Gasteiger partial charge in [-0.1, -0.05) is 29.8 Å². The third-order valence-corrected chi connectivity index (χ3v) is 5.90. The highest BCUT2D eigenvalue weighted by atomic mass is 35.5. The third kappa shape index (κ3) is 6.71. The molecule has 0 unspecified atom stereocenters. The highest BCUT2D eigenvalue weighted by Crippen LogP contribution is 2.23. The van der Waals surface area contributed by atoms with Crippen LogP contribution in [-0.2, 0) is 19.6 Å². The number of halogens is 1. The number of rotatable bonds is 9. The molecule has 0 atom stereocenters. The number of anilines is 2. The van der Waals surface area contributed by atoms with Crippen molar-refractivity contribution in [3.8, 4) is 5.75 Å². The van der Waals surface area contributed by atoms with Crippen LogP contribution in [0.4, 0.5) is 11.4 Å². The largest absolute Gasteiger partial charge is 0.494 e. The lowest BCUT2D eigenvalue weighted by molar-refractivity contribution is -0.119. The summed E-state index contributed by atoms with van der Waals surface area (Å²) in [5.74, 6) is -0.893. The van der Waals surface area contributed by atoms with Gasteiger partial charge in [0.2, 0.25) is 0 Å². The molecule has 1 amide bonds. The van der Waals surface area contributed by atoms with Gasteiger partial charge in [-0.2, -0.15) is 0 Å². The van der Waals surface area contributed by atoms with Crippen molar-refractivity contribution in [1.29, 1.82) is 0 Å². The Labute approximate surface area is 196 Å². The topological polar surface area (TPSA) is 111 Å². The third-order valence-electron chi connectivity index (χ3n) is 4.28. The summed E-state index contributed by atoms with van der Waals surface area (Å²) in [4.78, 5) is 24.6. The van der Waals surface area contributed by atoms with Gasteiger partial charge in [-0.15, -0.1) is 0 Å². The number of sulfonamides is 1. The van der Waals surface area contributed by atoms with E-state index >= 15 is 0 Å². The van der Waals surface area contributed by atoms with E-state index in [-0.39, 0.29) is 16.1 Å². The van der Waals surface area contributed by atoms with Gasteiger partial charge in [0.1, 0.15) is 5.75 Å². The molecular formula is C23H21ClN2O6S. The van der Waals surface area contributed by atoms with E-state index < -0.39 is 28.5 Å². The molecule has 0 saturated heterocycles. The van der Waals surface area contributed by atoms with Crippen LogP contribution in [0.1, 0.15) is 17.3 Å². The summed E-state index contributed by atoms with van der Waals surface area (Å²) in [5, 5.41) is 3.00. The fourth-order valence-corrected chi connectivity index (χ4v) is 4.08. The summed E-state index contributed by atoms with van der Waals surface area (Å²) in [6.07, 6.45) is 0. The van der Waals surface area contributed by atoms with Crippen molar-refractivity contribution in [2.75, 3.05) is 23.3 Å². The summed E-state index contributed by atoms with van der Waals surface area (Å²) < 4.78 is 38.3. The van der Waals surface area contributed by atoms with E-state index in [0.29, 0.717) is 23.1 Å². The quantitative estimate of drug-likeness (QED) is 0.433. The number of hydrogen-bond acceptors (Lipinski definition) is 6. The van der Waals surface area contributed by atoms with Gasteiger partial charge in [0.25, 0.3) is 15.9 Å². The second-order valence-electron chi connectivity index (χ2n) is 6.69. The van der Waals surface area contributed by atoms with Gasteiger partial charge in [0.15, 0.2) is 6.61 Å². The van der Waals surface area contributed by atoms with Gasteiger partial charge in [0, 0.05) is 10.7 Å². The Morgan fingerprint density at radius 1 is 0.970 bits per heavy atom. The van der Waals surface area contributed by atoms with Crippen molar-refractivity contribution in [2.45, 2.75) is 11.8 Å². The van der Waals surface area contributed by atoms with Gasteiger partial charge >= 0.3 is 5.97 Å². The molecule has 172 valence electrons. The van der Waals surface area contributed by atoms with E-state index in [1.165, 1.54) is 36.4 Å². The van der Waals surface area contributed by atoms with Gasteiger partial charge < -0.3 is 14.8 Å². The van der Waals surface area contributed by atoms with Gasteiger partial charge in [-0.3, -0.25) is 9.52 Å². The van der Waals surface area contributed by atoms with Crippen LogP contribution in [-0.4, -0.2) is 33.5 Å². The highest BCUT2D eigenvalue weighted by Gasteiger charge is 2.20. The molecule has 33 heavy (non-hydrogen) atoms. The Morgan fingerprint density at radius 3 is 2.39 bits per heavy atom. The Morgan fingerprint density at radius 2 is 1.70 bits per heavy atom. The minimum atomic E-state index is -3.98. The highest BCUT2D eigenvalue weighted by molar-refractivity contribution is 7.92. The predicted molar refractivity (Wildman–Crippen MR) is 125 cm³/mol. The number of ether oxygens (including phenoxy) is 2. The average Bonchev–Trinajstić information content (AvgIpc) is 2.78. The molecule has 0 aliphatic heterocycles. The zero-order valence-corrected chi connectivity index (χ0v) is 19.2. The Bertz CT molecular complexity index is 1250. The van der Waals surface area contributed by atoms with Crippen LogP contribution >= 0.6 is 11.6 Å². The smallest absolute Gasteiger partial charge is 0.340 e. The van der Waals surface area contributed by atoms with Crippen LogP contribution in [0.25, 0.3) is 0 Å². The second kappa shape index (κ2) is 10.8. The molecule has 10 heteroatoms. The molecular weight excluding hydrogens is 468 g/mol. The maximum atomic E-state index is 12.8. The average molecular weight is 489 g/mol. The summed E-state index contributed by atoms with van der Waals surface area (Å²) in [6, 6.07) is 18.3. The molecule has 0 heterocycles. The first kappa shape index (κ1) is 24.1. The number of benzene rings is 3. The molecule has 3 aromatic carbocycles. The summed E-state index contributed by atoms with van der Waals surface area (Å²) in [5.41, 5.74) is 0.432. The number of esters is 1. The van der Waals surface area contributed by atoms with Gasteiger partial charge in [-0.05, 0) is 61.5 Å². The van der Waals surface area contributed by atoms with E-state index in [0.717, 1.165) is 0 Å². The van der Waals surface area contributed by atoms with Crippen molar-refractivity contribution in [2.24, 2.45) is 0 Å². The molecule has 0 saturated carbocycles. The lowest BCUT2D eigenvalue weighted by Crippen LogP contribution is -2.22. The standard InChI is InChI=1S/C23H21ClN2O6S/c1-2-31-18-10-12-19(13-11-18)33(29,30)26-21-9-4-3-8-20(21)23(28)32-15-22(27)25-17-7-5-6-16(24)14-17/h3-14,26H,2,15H2,1H3,(H,25,27). The first-order valence-corrected chi connectivity index (χ1v) is 11.7. The van der Waals surface area contributed by atoms with Crippen LogP contribution in [0.3, 0.4) is 0 Å². The van der Waals surface area contributed by atoms with Crippen LogP contribution < -0.4 is 14.8 Å². The van der Waals surface area contributed by atoms with Crippen molar-refractivity contribution in [3.05, 3.63) is 83.4 Å². The number of nitrogens with one attached hydrogen (secondary N) is 2. The van der Waals surface area contributed by atoms with Crippen molar-refractivity contribution >= 4 is 44.9 Å². The molecule has 3 aromatic rings. The number of carbonyl (C=O) groups excluding carboxylic acids is 2. The molecule has 0 bridgehead atoms. The molecule has 2 N–H and O–H groups in total. The van der Waals surface area contributed by atoms with Crippen molar-refractivity contribution in [3.63, 3.8) is 0 Å². The number of amides is 1. The normalized spacial score (nSPS) is 10.8. The monoisotopic (exact) mass is 488 g/mol. The lowest BCUT2D eigenvalue weighted by atomic mass is 10.2. The second-order valence-corrected chi connectivity index (χ2v) is 8.81. The van der Waals surface area contributed by atoms with E-state index in [9.17, 15) is 18.0 Å². The maximum absolute atomic E-state index is 12.8. The van der Waals surface area contributed by atoms with E-state index in [2.05, 4.69) is 10.0 Å². The first-order valence-electron chi connectivity index (χ1n) is 9.86. The summed E-state index contributed by atoms with van der Waals surface area (Å²) in [6.45, 7) is 1.71. The molecule has 3 rings (SSSR count). The molecule has 0 fully saturated rings. The molecule has 8 nitrogen and oxygen atoms in total. The van der Waals surface area contributed by atoms with Crippen molar-refractivity contribution < 1.29 is 27.5 Å². The minimum absolute atomic E-state index is 0.00461. The summed E-state index contributed by atoms with van der Waals surface area (Å²) >= 11 is 5.87. The molecule has 0 aliphatic rings. The van der Waals surface area contributed by atoms with E-state index in [4.69, 9.17) is 21.1 Å². The van der Waals surface area contributed by atoms with Crippen LogP contribution in [0.5, 0.6) is 5.75 Å². The first-order chi connectivity index (χ1) is 15.8. The molecule has 0 spiro atoms. The number of para-hydroxylation sites is 1. The minimum Gasteiger partial charge on any atom is -0.494 e. The lowest BCUT2D eigenvalue weighted by Gasteiger charge is -2.13. The van der Waals surface area contributed by atoms with Crippen LogP contribution in [0.2, 0.25) is 5.02 Å². The van der Waals surface area contributed by atoms with Gasteiger partial charge in [0.05, 0.1) is 22.8 Å². The molecule has 0 aromatic heterocycles. The van der Waals surface area contributed by atoms with Gasteiger partial charge in [-0.25, -0.2) is 13.2 Å². The summed E-state index contributed by atoms with van der Waals surface area (Å²) in [7, 11) is -3.98. The Kier molecular flexibility index (Phi) is 7.92. The fraction of sp³-hybridized carbons (Fsp3) is 0.130. The Balaban J connectivity index is 1.67. The van der Waals surface area contributed by atoms with Crippen molar-refractivity contribution in [1.82, 2.24) is 0 Å². The maximum Gasteiger partial charge on any atom is 0.340 e. The Hall–Kier alpha value is -3.56. The molecule has 0 aliphatic carbocycles. The van der Waals surface area contributed by atoms with E-state index in [1.54, 1.807) is 36.4 Å².